The van der Waals surface area contributed by atoms with Crippen molar-refractivity contribution in [2.24, 2.45) is 0 Å². The lowest BCUT2D eigenvalue weighted by atomic mass is 10.1. The van der Waals surface area contributed by atoms with Gasteiger partial charge in [0.2, 0.25) is 5.91 Å². The van der Waals surface area contributed by atoms with Crippen molar-refractivity contribution in [2.75, 3.05) is 20.2 Å². The van der Waals surface area contributed by atoms with Crippen LogP contribution in [0, 0.1) is 0 Å². The molecule has 1 unspecified atom stereocenters. The van der Waals surface area contributed by atoms with E-state index in [1.165, 1.54) is 17.8 Å². The van der Waals surface area contributed by atoms with E-state index < -0.39 is 17.0 Å². The van der Waals surface area contributed by atoms with Crippen molar-refractivity contribution < 1.29 is 22.7 Å². The Morgan fingerprint density at radius 2 is 1.79 bits per heavy atom. The maximum Gasteiger partial charge on any atom is 0.416 e. The average molecular weight is 477 g/mol. The number of likely N-dealkylation sites (tertiary alicyclic amines) is 1. The average Bonchev–Trinajstić information content (AvgIpc) is 3.48. The molecule has 10 heteroatoms. The summed E-state index contributed by atoms with van der Waals surface area (Å²) in [4.78, 5) is 14.6. The Morgan fingerprint density at radius 1 is 1.09 bits per heavy atom. The predicted molar refractivity (Wildman–Crippen MR) is 119 cm³/mol. The van der Waals surface area contributed by atoms with Crippen LogP contribution in [0.1, 0.15) is 25.3 Å². The second kappa shape index (κ2) is 9.46. The minimum absolute atomic E-state index is 0.0120. The number of methoxy groups -OCH3 is 1. The predicted octanol–water partition coefficient (Wildman–Crippen LogP) is 5.06. The number of amides is 1. The molecule has 0 N–H and O–H groups in total. The van der Waals surface area contributed by atoms with E-state index in [2.05, 4.69) is 10.2 Å². The molecule has 0 saturated carbocycles. The Morgan fingerprint density at radius 3 is 2.42 bits per heavy atom. The van der Waals surface area contributed by atoms with Gasteiger partial charge in [0.25, 0.3) is 0 Å². The van der Waals surface area contributed by atoms with Crippen LogP contribution >= 0.6 is 11.8 Å². The smallest absolute Gasteiger partial charge is 0.416 e. The van der Waals surface area contributed by atoms with Crippen LogP contribution in [0.25, 0.3) is 17.1 Å². The summed E-state index contributed by atoms with van der Waals surface area (Å²) in [5.41, 5.74) is 0.154. The second-order valence-electron chi connectivity index (χ2n) is 7.71. The lowest BCUT2D eigenvalue weighted by molar-refractivity contribution is -0.137. The number of nitrogens with zero attached hydrogens (tertiary/aromatic N) is 4. The normalized spacial score (nSPS) is 15.0. The van der Waals surface area contributed by atoms with Gasteiger partial charge in [0.15, 0.2) is 11.0 Å². The number of carbonyl (C=O) groups is 1. The van der Waals surface area contributed by atoms with E-state index in [0.717, 1.165) is 38.1 Å². The topological polar surface area (TPSA) is 60.3 Å². The molecular formula is C23H23F3N4O2S. The van der Waals surface area contributed by atoms with Crippen molar-refractivity contribution in [2.45, 2.75) is 36.3 Å². The van der Waals surface area contributed by atoms with E-state index in [-0.39, 0.29) is 11.6 Å². The van der Waals surface area contributed by atoms with E-state index in [1.807, 2.05) is 4.90 Å². The van der Waals surface area contributed by atoms with Gasteiger partial charge in [-0.3, -0.25) is 9.36 Å². The van der Waals surface area contributed by atoms with Crippen LogP contribution in [0.2, 0.25) is 0 Å². The molecule has 1 amide bonds. The van der Waals surface area contributed by atoms with E-state index in [1.54, 1.807) is 48.9 Å². The summed E-state index contributed by atoms with van der Waals surface area (Å²) in [6, 6.07) is 12.0. The van der Waals surface area contributed by atoms with Crippen LogP contribution in [-0.4, -0.2) is 51.0 Å². The number of ether oxygens (including phenoxy) is 1. The van der Waals surface area contributed by atoms with Gasteiger partial charge < -0.3 is 9.64 Å². The fourth-order valence-corrected chi connectivity index (χ4v) is 4.68. The van der Waals surface area contributed by atoms with Gasteiger partial charge in [-0.25, -0.2) is 0 Å². The number of rotatable bonds is 6. The maximum absolute atomic E-state index is 13.4. The molecule has 0 aliphatic carbocycles. The number of halogens is 3. The Kier molecular flexibility index (Phi) is 6.64. The SMILES string of the molecule is COc1ccc(-c2nnc(SC(C)C(=O)N3CCCC3)n2-c2cccc(C(F)(F)F)c2)cc1. The first kappa shape index (κ1) is 23.2. The van der Waals surface area contributed by atoms with Crippen molar-refractivity contribution in [1.82, 2.24) is 19.7 Å². The molecule has 0 radical (unpaired) electrons. The first-order chi connectivity index (χ1) is 15.8. The van der Waals surface area contributed by atoms with Crippen molar-refractivity contribution in [3.05, 3.63) is 54.1 Å². The van der Waals surface area contributed by atoms with Crippen LogP contribution in [0.15, 0.2) is 53.7 Å². The van der Waals surface area contributed by atoms with Crippen LogP contribution in [-0.2, 0) is 11.0 Å². The van der Waals surface area contributed by atoms with Crippen LogP contribution in [0.5, 0.6) is 5.75 Å². The summed E-state index contributed by atoms with van der Waals surface area (Å²) in [5, 5.41) is 8.40. The molecule has 1 saturated heterocycles. The monoisotopic (exact) mass is 476 g/mol. The first-order valence-corrected chi connectivity index (χ1v) is 11.4. The lowest BCUT2D eigenvalue weighted by Gasteiger charge is -2.20. The number of thioether (sulfide) groups is 1. The summed E-state index contributed by atoms with van der Waals surface area (Å²) in [5.74, 6) is 1.01. The molecule has 0 spiro atoms. The second-order valence-corrected chi connectivity index (χ2v) is 9.02. The highest BCUT2D eigenvalue weighted by atomic mass is 32.2. The quantitative estimate of drug-likeness (QED) is 0.465. The van der Waals surface area contributed by atoms with Crippen LogP contribution in [0.4, 0.5) is 13.2 Å². The van der Waals surface area contributed by atoms with Gasteiger partial charge in [-0.1, -0.05) is 17.8 Å². The summed E-state index contributed by atoms with van der Waals surface area (Å²) < 4.78 is 46.9. The molecule has 174 valence electrons. The van der Waals surface area contributed by atoms with Gasteiger partial charge in [-0.2, -0.15) is 13.2 Å². The van der Waals surface area contributed by atoms with E-state index in [4.69, 9.17) is 4.74 Å². The number of alkyl halides is 3. The van der Waals surface area contributed by atoms with Gasteiger partial charge in [-0.05, 0) is 62.2 Å². The minimum atomic E-state index is -4.49. The Balaban J connectivity index is 1.75. The van der Waals surface area contributed by atoms with Gasteiger partial charge >= 0.3 is 6.18 Å². The summed E-state index contributed by atoms with van der Waals surface area (Å²) in [6.45, 7) is 3.23. The fraction of sp³-hybridized carbons (Fsp3) is 0.348. The standard InChI is InChI=1S/C23H23F3N4O2S/c1-15(21(31)29-12-3-4-13-29)33-22-28-27-20(16-8-10-19(32-2)11-9-16)30(22)18-7-5-6-17(14-18)23(24,25)26/h5-11,14-15H,3-4,12-13H2,1-2H3. The molecule has 1 fully saturated rings. The molecule has 4 rings (SSSR count). The first-order valence-electron chi connectivity index (χ1n) is 10.5. The zero-order valence-electron chi connectivity index (χ0n) is 18.2. The number of hydrogen-bond donors (Lipinski definition) is 0. The maximum atomic E-state index is 13.4. The van der Waals surface area contributed by atoms with Crippen LogP contribution < -0.4 is 4.74 Å². The molecule has 1 aliphatic heterocycles. The summed E-state index contributed by atoms with van der Waals surface area (Å²) in [7, 11) is 1.55. The van der Waals surface area contributed by atoms with E-state index in [0.29, 0.717) is 22.3 Å². The minimum Gasteiger partial charge on any atom is -0.497 e. The Labute approximate surface area is 193 Å². The zero-order chi connectivity index (χ0) is 23.6. The molecule has 3 aromatic rings. The molecule has 6 nitrogen and oxygen atoms in total. The Hall–Kier alpha value is -3.01. The lowest BCUT2D eigenvalue weighted by Crippen LogP contribution is -2.34. The molecular weight excluding hydrogens is 453 g/mol. The molecule has 0 bridgehead atoms. The fourth-order valence-electron chi connectivity index (χ4n) is 3.73. The van der Waals surface area contributed by atoms with Crippen molar-refractivity contribution in [3.8, 4) is 22.8 Å². The summed E-state index contributed by atoms with van der Waals surface area (Å²) >= 11 is 1.19. The van der Waals surface area contributed by atoms with Crippen molar-refractivity contribution in [3.63, 3.8) is 0 Å². The molecule has 2 heterocycles. The molecule has 33 heavy (non-hydrogen) atoms. The number of aromatic nitrogens is 3. The van der Waals surface area contributed by atoms with Gasteiger partial charge in [0.1, 0.15) is 5.75 Å². The van der Waals surface area contributed by atoms with Crippen molar-refractivity contribution >= 4 is 17.7 Å². The number of carbonyl (C=O) groups excluding carboxylic acids is 1. The van der Waals surface area contributed by atoms with Gasteiger partial charge in [-0.15, -0.1) is 10.2 Å². The Bertz CT molecular complexity index is 1130. The molecule has 1 atom stereocenters. The molecule has 1 aromatic heterocycles. The number of hydrogen-bond acceptors (Lipinski definition) is 5. The number of benzene rings is 2. The van der Waals surface area contributed by atoms with Crippen molar-refractivity contribution in [1.29, 1.82) is 0 Å². The third-order valence-corrected chi connectivity index (χ3v) is 6.49. The third-order valence-electron chi connectivity index (χ3n) is 5.46. The largest absolute Gasteiger partial charge is 0.497 e. The van der Waals surface area contributed by atoms with Gasteiger partial charge in [0.05, 0.1) is 23.6 Å². The van der Waals surface area contributed by atoms with Gasteiger partial charge in [0, 0.05) is 18.7 Å². The van der Waals surface area contributed by atoms with E-state index in [9.17, 15) is 18.0 Å². The molecule has 1 aliphatic rings. The highest BCUT2D eigenvalue weighted by Crippen LogP contribution is 2.35. The highest BCUT2D eigenvalue weighted by Gasteiger charge is 2.32. The molecule has 2 aromatic carbocycles. The third kappa shape index (κ3) is 5.00. The van der Waals surface area contributed by atoms with Crippen LogP contribution in [0.3, 0.4) is 0 Å². The highest BCUT2D eigenvalue weighted by molar-refractivity contribution is 8.00. The zero-order valence-corrected chi connectivity index (χ0v) is 19.0. The van der Waals surface area contributed by atoms with E-state index >= 15 is 0 Å². The summed E-state index contributed by atoms with van der Waals surface area (Å²) in [6.07, 6.45) is -2.53.